The highest BCUT2D eigenvalue weighted by Gasteiger charge is 2.15. The standard InChI is InChI=1S/C21H15ClN2O2S/c22-20-14(13-8-9-17-18(12-13)26-11-10-25-17)5-3-6-16(20)23-21-15-4-1-2-7-19(15)27-24-21/h1-9,12H,10-11H2,(H,23,24). The molecule has 0 saturated carbocycles. The number of ether oxygens (including phenoxy) is 2. The molecule has 1 aliphatic rings. The van der Waals surface area contributed by atoms with Crippen molar-refractivity contribution in [2.45, 2.75) is 0 Å². The highest BCUT2D eigenvalue weighted by Crippen LogP contribution is 2.40. The second-order valence-corrected chi connectivity index (χ2v) is 7.36. The summed E-state index contributed by atoms with van der Waals surface area (Å²) in [6.45, 7) is 1.14. The lowest BCUT2D eigenvalue weighted by Gasteiger charge is -2.19. The molecule has 1 aromatic heterocycles. The third-order valence-electron chi connectivity index (χ3n) is 4.48. The SMILES string of the molecule is Clc1c(Nc2nsc3ccccc23)cccc1-c1ccc2c(c1)OCCO2. The van der Waals surface area contributed by atoms with Crippen molar-refractivity contribution >= 4 is 44.7 Å². The van der Waals surface area contributed by atoms with Gasteiger partial charge in [0.15, 0.2) is 17.3 Å². The average Bonchev–Trinajstić information content (AvgIpc) is 3.12. The van der Waals surface area contributed by atoms with Crippen molar-refractivity contribution in [3.8, 4) is 22.6 Å². The Kier molecular flexibility index (Phi) is 4.11. The maximum absolute atomic E-state index is 6.74. The van der Waals surface area contributed by atoms with Gasteiger partial charge in [-0.2, -0.15) is 4.37 Å². The quantitative estimate of drug-likeness (QED) is 0.453. The van der Waals surface area contributed by atoms with Crippen molar-refractivity contribution in [2.75, 3.05) is 18.5 Å². The lowest BCUT2D eigenvalue weighted by molar-refractivity contribution is 0.171. The highest BCUT2D eigenvalue weighted by molar-refractivity contribution is 7.13. The van der Waals surface area contributed by atoms with Crippen LogP contribution in [-0.4, -0.2) is 17.6 Å². The van der Waals surface area contributed by atoms with Gasteiger partial charge in [-0.05, 0) is 47.4 Å². The first-order valence-corrected chi connectivity index (χ1v) is 9.75. The molecule has 0 fully saturated rings. The summed E-state index contributed by atoms with van der Waals surface area (Å²) in [4.78, 5) is 0. The Morgan fingerprint density at radius 1 is 0.926 bits per heavy atom. The number of fused-ring (bicyclic) bond motifs is 2. The Morgan fingerprint density at radius 3 is 2.70 bits per heavy atom. The van der Waals surface area contributed by atoms with E-state index in [2.05, 4.69) is 21.8 Å². The highest BCUT2D eigenvalue weighted by atomic mass is 35.5. The molecule has 3 aromatic carbocycles. The second-order valence-electron chi connectivity index (χ2n) is 6.18. The summed E-state index contributed by atoms with van der Waals surface area (Å²) in [6.07, 6.45) is 0. The van der Waals surface area contributed by atoms with Crippen LogP contribution in [-0.2, 0) is 0 Å². The van der Waals surface area contributed by atoms with E-state index in [4.69, 9.17) is 21.1 Å². The lowest BCUT2D eigenvalue weighted by atomic mass is 10.0. The molecule has 0 atom stereocenters. The fourth-order valence-electron chi connectivity index (χ4n) is 3.17. The number of aromatic nitrogens is 1. The predicted octanol–water partition coefficient (Wildman–Crippen LogP) is 6.13. The second kappa shape index (κ2) is 6.76. The molecule has 4 nitrogen and oxygen atoms in total. The molecule has 5 rings (SSSR count). The Hall–Kier alpha value is -2.76. The first kappa shape index (κ1) is 16.4. The van der Waals surface area contributed by atoms with Gasteiger partial charge in [-0.15, -0.1) is 0 Å². The number of benzene rings is 3. The van der Waals surface area contributed by atoms with Crippen LogP contribution in [0.15, 0.2) is 60.7 Å². The van der Waals surface area contributed by atoms with E-state index in [1.54, 1.807) is 0 Å². The van der Waals surface area contributed by atoms with Gasteiger partial charge in [0.1, 0.15) is 13.2 Å². The Morgan fingerprint density at radius 2 is 1.78 bits per heavy atom. The monoisotopic (exact) mass is 394 g/mol. The molecule has 0 aliphatic carbocycles. The van der Waals surface area contributed by atoms with E-state index in [-0.39, 0.29) is 0 Å². The molecule has 1 N–H and O–H groups in total. The Bertz CT molecular complexity index is 1140. The van der Waals surface area contributed by atoms with Gasteiger partial charge in [-0.1, -0.05) is 41.9 Å². The van der Waals surface area contributed by atoms with Gasteiger partial charge in [0.05, 0.1) is 15.4 Å². The van der Waals surface area contributed by atoms with E-state index in [0.717, 1.165) is 44.2 Å². The molecule has 6 heteroatoms. The van der Waals surface area contributed by atoms with Crippen LogP contribution in [0.5, 0.6) is 11.5 Å². The van der Waals surface area contributed by atoms with Crippen LogP contribution >= 0.6 is 23.1 Å². The van der Waals surface area contributed by atoms with Crippen LogP contribution in [0.3, 0.4) is 0 Å². The Balaban J connectivity index is 1.53. The number of rotatable bonds is 3. The van der Waals surface area contributed by atoms with Crippen LogP contribution < -0.4 is 14.8 Å². The molecule has 0 spiro atoms. The van der Waals surface area contributed by atoms with Gasteiger partial charge in [0, 0.05) is 10.9 Å². The summed E-state index contributed by atoms with van der Waals surface area (Å²) >= 11 is 8.20. The van der Waals surface area contributed by atoms with Crippen molar-refractivity contribution in [1.82, 2.24) is 4.37 Å². The summed E-state index contributed by atoms with van der Waals surface area (Å²) in [5.41, 5.74) is 2.73. The van der Waals surface area contributed by atoms with Gasteiger partial charge in [0.25, 0.3) is 0 Å². The minimum absolute atomic E-state index is 0.558. The number of nitrogens with zero attached hydrogens (tertiary/aromatic N) is 1. The molecule has 0 radical (unpaired) electrons. The number of halogens is 1. The number of hydrogen-bond donors (Lipinski definition) is 1. The fraction of sp³-hybridized carbons (Fsp3) is 0.0952. The summed E-state index contributed by atoms with van der Waals surface area (Å²) in [7, 11) is 0. The average molecular weight is 395 g/mol. The smallest absolute Gasteiger partial charge is 0.161 e. The zero-order valence-electron chi connectivity index (χ0n) is 14.2. The summed E-state index contributed by atoms with van der Waals surface area (Å²) < 4.78 is 17.0. The molecule has 0 unspecified atom stereocenters. The molecule has 134 valence electrons. The maximum Gasteiger partial charge on any atom is 0.161 e. The number of hydrogen-bond acceptors (Lipinski definition) is 5. The van der Waals surface area contributed by atoms with Crippen molar-refractivity contribution in [3.05, 3.63) is 65.7 Å². The summed E-state index contributed by atoms with van der Waals surface area (Å²) in [6, 6.07) is 20.0. The van der Waals surface area contributed by atoms with E-state index in [0.29, 0.717) is 18.2 Å². The summed E-state index contributed by atoms with van der Waals surface area (Å²) in [5, 5.41) is 5.11. The van der Waals surface area contributed by atoms with E-state index in [1.165, 1.54) is 11.5 Å². The first-order chi connectivity index (χ1) is 13.3. The molecule has 0 amide bonds. The fourth-order valence-corrected chi connectivity index (χ4v) is 4.18. The largest absolute Gasteiger partial charge is 0.486 e. The van der Waals surface area contributed by atoms with Crippen molar-refractivity contribution in [3.63, 3.8) is 0 Å². The van der Waals surface area contributed by atoms with Gasteiger partial charge < -0.3 is 14.8 Å². The van der Waals surface area contributed by atoms with Gasteiger partial charge in [0.2, 0.25) is 0 Å². The molecule has 27 heavy (non-hydrogen) atoms. The van der Waals surface area contributed by atoms with Crippen LogP contribution in [0.4, 0.5) is 11.5 Å². The first-order valence-electron chi connectivity index (χ1n) is 8.59. The van der Waals surface area contributed by atoms with E-state index in [9.17, 15) is 0 Å². The summed E-state index contributed by atoms with van der Waals surface area (Å²) in [5.74, 6) is 2.33. The molecular formula is C21H15ClN2O2S. The molecule has 4 aromatic rings. The molecule has 0 saturated heterocycles. The molecule has 1 aliphatic heterocycles. The Labute approximate surface area is 165 Å². The van der Waals surface area contributed by atoms with Crippen LogP contribution in [0, 0.1) is 0 Å². The molecular weight excluding hydrogens is 380 g/mol. The third kappa shape index (κ3) is 2.99. The number of nitrogens with one attached hydrogen (secondary N) is 1. The van der Waals surface area contributed by atoms with Crippen LogP contribution in [0.1, 0.15) is 0 Å². The molecule has 2 heterocycles. The van der Waals surface area contributed by atoms with E-state index < -0.39 is 0 Å². The predicted molar refractivity (Wildman–Crippen MR) is 111 cm³/mol. The maximum atomic E-state index is 6.74. The van der Waals surface area contributed by atoms with Crippen LogP contribution in [0.25, 0.3) is 21.2 Å². The zero-order chi connectivity index (χ0) is 18.2. The topological polar surface area (TPSA) is 43.4 Å². The lowest BCUT2D eigenvalue weighted by Crippen LogP contribution is -2.15. The van der Waals surface area contributed by atoms with E-state index in [1.807, 2.05) is 48.5 Å². The van der Waals surface area contributed by atoms with Crippen molar-refractivity contribution in [2.24, 2.45) is 0 Å². The van der Waals surface area contributed by atoms with Crippen molar-refractivity contribution in [1.29, 1.82) is 0 Å². The normalized spacial score (nSPS) is 12.9. The minimum Gasteiger partial charge on any atom is -0.486 e. The minimum atomic E-state index is 0.558. The zero-order valence-corrected chi connectivity index (χ0v) is 15.8. The van der Waals surface area contributed by atoms with Gasteiger partial charge >= 0.3 is 0 Å². The van der Waals surface area contributed by atoms with Gasteiger partial charge in [-0.25, -0.2) is 0 Å². The van der Waals surface area contributed by atoms with E-state index >= 15 is 0 Å². The third-order valence-corrected chi connectivity index (χ3v) is 5.72. The number of anilines is 2. The van der Waals surface area contributed by atoms with Crippen LogP contribution in [0.2, 0.25) is 5.02 Å². The van der Waals surface area contributed by atoms with Gasteiger partial charge in [-0.3, -0.25) is 0 Å². The van der Waals surface area contributed by atoms with Crippen molar-refractivity contribution < 1.29 is 9.47 Å². The molecule has 0 bridgehead atoms.